The van der Waals surface area contributed by atoms with Crippen LogP contribution in [0.15, 0.2) is 47.8 Å². The summed E-state index contributed by atoms with van der Waals surface area (Å²) in [6.07, 6.45) is 2.05. The normalized spacial score (nSPS) is 13.3. The van der Waals surface area contributed by atoms with Crippen molar-refractivity contribution < 1.29 is 14.7 Å². The van der Waals surface area contributed by atoms with Crippen LogP contribution in [0.3, 0.4) is 0 Å². The Morgan fingerprint density at radius 3 is 2.52 bits per heavy atom. The number of aliphatic carboxylic acids is 1. The second kappa shape index (κ2) is 7.92. The maximum atomic E-state index is 12.0. The number of carboxylic acid groups (broad SMARTS) is 1. The molecule has 1 amide bonds. The van der Waals surface area contributed by atoms with E-state index in [-0.39, 0.29) is 12.5 Å². The molecular formula is C18H21NO3S. The van der Waals surface area contributed by atoms with Crippen molar-refractivity contribution in [1.82, 2.24) is 5.32 Å². The van der Waals surface area contributed by atoms with Gasteiger partial charge in [-0.1, -0.05) is 36.4 Å². The molecule has 2 aromatic rings. The van der Waals surface area contributed by atoms with Crippen molar-refractivity contribution in [3.63, 3.8) is 0 Å². The highest BCUT2D eigenvalue weighted by atomic mass is 32.1. The van der Waals surface area contributed by atoms with Crippen LogP contribution in [0.25, 0.3) is 0 Å². The lowest BCUT2D eigenvalue weighted by Gasteiger charge is -2.25. The minimum Gasteiger partial charge on any atom is -0.481 e. The van der Waals surface area contributed by atoms with Crippen molar-refractivity contribution in [2.75, 3.05) is 6.54 Å². The molecule has 1 aromatic heterocycles. The molecule has 0 spiro atoms. The number of nitrogens with one attached hydrogen (secondary N) is 1. The van der Waals surface area contributed by atoms with Crippen LogP contribution in [0, 0.1) is 0 Å². The minimum absolute atomic E-state index is 0.0875. The summed E-state index contributed by atoms with van der Waals surface area (Å²) >= 11 is 1.68. The molecule has 0 fully saturated rings. The highest BCUT2D eigenvalue weighted by Crippen LogP contribution is 2.23. The van der Waals surface area contributed by atoms with Crippen molar-refractivity contribution in [2.24, 2.45) is 0 Å². The van der Waals surface area contributed by atoms with Crippen molar-refractivity contribution in [3.05, 3.63) is 58.3 Å². The topological polar surface area (TPSA) is 66.4 Å². The number of aryl methyl sites for hydroxylation is 1. The molecule has 0 bridgehead atoms. The van der Waals surface area contributed by atoms with E-state index >= 15 is 0 Å². The molecule has 0 aliphatic carbocycles. The number of carbonyl (C=O) groups excluding carboxylic acids is 1. The number of carbonyl (C=O) groups is 2. The van der Waals surface area contributed by atoms with E-state index in [9.17, 15) is 14.7 Å². The van der Waals surface area contributed by atoms with Gasteiger partial charge in [0.05, 0.1) is 0 Å². The average Bonchev–Trinajstić information content (AvgIpc) is 3.06. The predicted molar refractivity (Wildman–Crippen MR) is 91.7 cm³/mol. The van der Waals surface area contributed by atoms with Crippen LogP contribution in [-0.2, 0) is 21.4 Å². The summed E-state index contributed by atoms with van der Waals surface area (Å²) in [6, 6.07) is 13.1. The number of hydrogen-bond acceptors (Lipinski definition) is 3. The highest BCUT2D eigenvalue weighted by Gasteiger charge is 2.35. The molecule has 0 saturated carbocycles. The maximum Gasteiger partial charge on any atom is 0.315 e. The molecule has 2 N–H and O–H groups in total. The van der Waals surface area contributed by atoms with E-state index in [0.717, 1.165) is 12.8 Å². The number of amides is 1. The zero-order valence-electron chi connectivity index (χ0n) is 13.1. The van der Waals surface area contributed by atoms with E-state index in [4.69, 9.17) is 0 Å². The zero-order valence-corrected chi connectivity index (χ0v) is 13.9. The first-order valence-electron chi connectivity index (χ1n) is 7.60. The number of benzene rings is 1. The fourth-order valence-electron chi connectivity index (χ4n) is 2.35. The Hall–Kier alpha value is -2.14. The second-order valence-electron chi connectivity index (χ2n) is 5.71. The van der Waals surface area contributed by atoms with Crippen molar-refractivity contribution in [2.45, 2.75) is 31.6 Å². The zero-order chi connectivity index (χ0) is 16.7. The van der Waals surface area contributed by atoms with Crippen molar-refractivity contribution >= 4 is 23.2 Å². The van der Waals surface area contributed by atoms with E-state index in [1.54, 1.807) is 42.5 Å². The standard InChI is InChI=1S/C18H21NO3S/c1-18(17(21)22,14-7-3-2-4-8-14)13-19-16(20)11-5-9-15-10-6-12-23-15/h2-4,6-8,10,12H,5,9,11,13H2,1H3,(H,19,20)(H,21,22). The van der Waals surface area contributed by atoms with E-state index in [1.165, 1.54) is 4.88 Å². The molecule has 122 valence electrons. The summed E-state index contributed by atoms with van der Waals surface area (Å²) in [5.41, 5.74) is -0.434. The Morgan fingerprint density at radius 2 is 1.91 bits per heavy atom. The molecule has 1 aromatic carbocycles. The van der Waals surface area contributed by atoms with Gasteiger partial charge in [-0.3, -0.25) is 9.59 Å². The second-order valence-corrected chi connectivity index (χ2v) is 6.75. The smallest absolute Gasteiger partial charge is 0.315 e. The first-order valence-corrected chi connectivity index (χ1v) is 8.48. The van der Waals surface area contributed by atoms with E-state index in [2.05, 4.69) is 11.4 Å². The number of rotatable bonds is 8. The Morgan fingerprint density at radius 1 is 1.17 bits per heavy atom. The molecule has 1 heterocycles. The predicted octanol–water partition coefficient (Wildman–Crippen LogP) is 3.23. The van der Waals surface area contributed by atoms with Crippen LogP contribution < -0.4 is 5.32 Å². The van der Waals surface area contributed by atoms with Gasteiger partial charge in [-0.05, 0) is 36.8 Å². The number of carboxylic acids is 1. The van der Waals surface area contributed by atoms with E-state index < -0.39 is 11.4 Å². The van der Waals surface area contributed by atoms with Gasteiger partial charge in [0.25, 0.3) is 0 Å². The van der Waals surface area contributed by atoms with Gasteiger partial charge in [0.2, 0.25) is 5.91 Å². The molecule has 0 aliphatic rings. The molecule has 0 saturated heterocycles. The Labute approximate surface area is 140 Å². The van der Waals surface area contributed by atoms with Gasteiger partial charge in [0, 0.05) is 17.8 Å². The summed E-state index contributed by atoms with van der Waals surface area (Å²) in [7, 11) is 0. The van der Waals surface area contributed by atoms with Gasteiger partial charge in [0.15, 0.2) is 0 Å². The van der Waals surface area contributed by atoms with Crippen LogP contribution in [0.5, 0.6) is 0 Å². The molecule has 5 heteroatoms. The van der Waals surface area contributed by atoms with E-state index in [1.807, 2.05) is 17.5 Å². The monoisotopic (exact) mass is 331 g/mol. The van der Waals surface area contributed by atoms with Gasteiger partial charge < -0.3 is 10.4 Å². The van der Waals surface area contributed by atoms with Crippen LogP contribution >= 0.6 is 11.3 Å². The van der Waals surface area contributed by atoms with Gasteiger partial charge in [-0.2, -0.15) is 0 Å². The lowest BCUT2D eigenvalue weighted by Crippen LogP contribution is -2.44. The van der Waals surface area contributed by atoms with Crippen LogP contribution in [-0.4, -0.2) is 23.5 Å². The molecule has 1 unspecified atom stereocenters. The van der Waals surface area contributed by atoms with Crippen LogP contribution in [0.2, 0.25) is 0 Å². The summed E-state index contributed by atoms with van der Waals surface area (Å²) < 4.78 is 0. The summed E-state index contributed by atoms with van der Waals surface area (Å²) in [6.45, 7) is 1.72. The SMILES string of the molecule is CC(CNC(=O)CCCc1cccs1)(C(=O)O)c1ccccc1. The molecule has 1 atom stereocenters. The molecule has 0 radical (unpaired) electrons. The quantitative estimate of drug-likeness (QED) is 0.780. The Bertz CT molecular complexity index is 640. The van der Waals surface area contributed by atoms with Gasteiger partial charge in [0.1, 0.15) is 5.41 Å². The summed E-state index contributed by atoms with van der Waals surface area (Å²) in [5.74, 6) is -1.05. The number of thiophene rings is 1. The highest BCUT2D eigenvalue weighted by molar-refractivity contribution is 7.09. The molecular weight excluding hydrogens is 310 g/mol. The molecule has 23 heavy (non-hydrogen) atoms. The van der Waals surface area contributed by atoms with E-state index in [0.29, 0.717) is 12.0 Å². The van der Waals surface area contributed by atoms with Crippen LogP contribution in [0.4, 0.5) is 0 Å². The van der Waals surface area contributed by atoms with Crippen molar-refractivity contribution in [3.8, 4) is 0 Å². The molecule has 4 nitrogen and oxygen atoms in total. The summed E-state index contributed by atoms with van der Waals surface area (Å²) in [5, 5.41) is 14.3. The first-order chi connectivity index (χ1) is 11.0. The van der Waals surface area contributed by atoms with Crippen LogP contribution in [0.1, 0.15) is 30.2 Å². The third-order valence-corrected chi connectivity index (χ3v) is 4.87. The van der Waals surface area contributed by atoms with Gasteiger partial charge in [-0.15, -0.1) is 11.3 Å². The lowest BCUT2D eigenvalue weighted by atomic mass is 9.82. The fraction of sp³-hybridized carbons (Fsp3) is 0.333. The average molecular weight is 331 g/mol. The Kier molecular flexibility index (Phi) is 5.93. The van der Waals surface area contributed by atoms with Gasteiger partial charge >= 0.3 is 5.97 Å². The van der Waals surface area contributed by atoms with Gasteiger partial charge in [-0.25, -0.2) is 0 Å². The summed E-state index contributed by atoms with van der Waals surface area (Å²) in [4.78, 5) is 24.9. The number of hydrogen-bond donors (Lipinski definition) is 2. The maximum absolute atomic E-state index is 12.0. The first kappa shape index (κ1) is 17.2. The molecule has 0 aliphatic heterocycles. The minimum atomic E-state index is -1.12. The van der Waals surface area contributed by atoms with Crippen molar-refractivity contribution in [1.29, 1.82) is 0 Å². The third-order valence-electron chi connectivity index (χ3n) is 3.93. The Balaban J connectivity index is 1.86. The largest absolute Gasteiger partial charge is 0.481 e. The lowest BCUT2D eigenvalue weighted by molar-refractivity contribution is -0.143. The third kappa shape index (κ3) is 4.66. The molecule has 2 rings (SSSR count). The fourth-order valence-corrected chi connectivity index (χ4v) is 3.10.